The van der Waals surface area contributed by atoms with E-state index < -0.39 is 10.9 Å². The fraction of sp³-hybridized carbons (Fsp3) is 0.235. The quantitative estimate of drug-likeness (QED) is 0.434. The van der Waals surface area contributed by atoms with Crippen molar-refractivity contribution in [3.63, 3.8) is 0 Å². The van der Waals surface area contributed by atoms with Crippen molar-refractivity contribution in [2.75, 3.05) is 13.7 Å². The average Bonchev–Trinajstić information content (AvgIpc) is 2.65. The largest absolute Gasteiger partial charge is 0.469 e. The lowest BCUT2D eigenvalue weighted by atomic mass is 10.1. The summed E-state index contributed by atoms with van der Waals surface area (Å²) in [6.07, 6.45) is 1.66. The summed E-state index contributed by atoms with van der Waals surface area (Å²) >= 11 is 0. The molecule has 1 amide bonds. The van der Waals surface area contributed by atoms with Gasteiger partial charge in [-0.15, -0.1) is 0 Å². The van der Waals surface area contributed by atoms with Crippen LogP contribution in [0.2, 0.25) is 0 Å². The fourth-order valence-electron chi connectivity index (χ4n) is 2.18. The Bertz CT molecular complexity index is 747. The Kier molecular flexibility index (Phi) is 6.16. The van der Waals surface area contributed by atoms with E-state index in [1.165, 1.54) is 36.3 Å². The fourth-order valence-corrected chi connectivity index (χ4v) is 2.18. The first-order chi connectivity index (χ1) is 12.0. The number of nitro groups is 1. The van der Waals surface area contributed by atoms with E-state index in [9.17, 15) is 19.7 Å². The third kappa shape index (κ3) is 5.10. The number of amides is 1. The number of esters is 1. The highest BCUT2D eigenvalue weighted by atomic mass is 16.6. The molecule has 0 unspecified atom stereocenters. The highest BCUT2D eigenvalue weighted by Crippen LogP contribution is 2.15. The van der Waals surface area contributed by atoms with Gasteiger partial charge in [-0.05, 0) is 24.3 Å². The zero-order valence-corrected chi connectivity index (χ0v) is 13.6. The lowest BCUT2D eigenvalue weighted by molar-refractivity contribution is -0.384. The zero-order chi connectivity index (χ0) is 18.2. The van der Waals surface area contributed by atoms with Gasteiger partial charge in [0.25, 0.3) is 11.6 Å². The number of non-ortho nitro benzene ring substituents is 1. The maximum absolute atomic E-state index is 12.7. The maximum atomic E-state index is 12.7. The van der Waals surface area contributed by atoms with Gasteiger partial charge in [0, 0.05) is 30.4 Å². The first kappa shape index (κ1) is 18.1. The molecular weight excluding hydrogens is 326 g/mol. The second kappa shape index (κ2) is 8.53. The summed E-state index contributed by atoms with van der Waals surface area (Å²) in [7, 11) is 1.28. The molecule has 0 saturated heterocycles. The van der Waals surface area contributed by atoms with Crippen molar-refractivity contribution < 1.29 is 19.2 Å². The Balaban J connectivity index is 2.18. The average molecular weight is 343 g/mol. The van der Waals surface area contributed by atoms with Crippen LogP contribution in [0.3, 0.4) is 0 Å². The number of rotatable bonds is 7. The predicted octanol–water partition coefficient (Wildman–Crippen LogP) is 2.20. The number of nitrogens with zero attached hydrogens (tertiary/aromatic N) is 3. The lowest BCUT2D eigenvalue weighted by Gasteiger charge is -2.22. The third-order valence-corrected chi connectivity index (χ3v) is 3.50. The second-order valence-electron chi connectivity index (χ2n) is 5.18. The molecule has 8 heteroatoms. The predicted molar refractivity (Wildman–Crippen MR) is 88.7 cm³/mol. The molecule has 0 aliphatic carbocycles. The van der Waals surface area contributed by atoms with Gasteiger partial charge in [-0.1, -0.05) is 6.07 Å². The number of hydrogen-bond acceptors (Lipinski definition) is 6. The molecule has 0 atom stereocenters. The van der Waals surface area contributed by atoms with Gasteiger partial charge in [0.05, 0.1) is 30.7 Å². The number of aromatic nitrogens is 1. The number of nitro benzene ring substituents is 1. The van der Waals surface area contributed by atoms with Crippen LogP contribution in [-0.4, -0.2) is 40.3 Å². The molecule has 1 heterocycles. The Hall–Kier alpha value is -3.29. The van der Waals surface area contributed by atoms with E-state index in [0.717, 1.165) is 0 Å². The van der Waals surface area contributed by atoms with Crippen LogP contribution < -0.4 is 0 Å². The van der Waals surface area contributed by atoms with Crippen molar-refractivity contribution >= 4 is 17.6 Å². The minimum atomic E-state index is -0.531. The number of carbonyl (C=O) groups excluding carboxylic acids is 2. The summed E-state index contributed by atoms with van der Waals surface area (Å²) in [5, 5.41) is 10.7. The van der Waals surface area contributed by atoms with Crippen molar-refractivity contribution in [3.05, 3.63) is 70.0 Å². The Morgan fingerprint density at radius 3 is 2.48 bits per heavy atom. The molecule has 0 fully saturated rings. The van der Waals surface area contributed by atoms with Gasteiger partial charge in [0.2, 0.25) is 0 Å². The molecule has 1 aromatic carbocycles. The topological polar surface area (TPSA) is 103 Å². The molecule has 0 aliphatic rings. The smallest absolute Gasteiger partial charge is 0.307 e. The van der Waals surface area contributed by atoms with Gasteiger partial charge in [-0.3, -0.25) is 24.7 Å². The molecule has 0 aliphatic heterocycles. The van der Waals surface area contributed by atoms with Crippen molar-refractivity contribution in [1.82, 2.24) is 9.88 Å². The second-order valence-corrected chi connectivity index (χ2v) is 5.18. The van der Waals surface area contributed by atoms with Gasteiger partial charge in [0.15, 0.2) is 0 Å². The highest BCUT2D eigenvalue weighted by molar-refractivity contribution is 5.94. The SMILES string of the molecule is COC(=O)CCN(Cc1ccccn1)C(=O)c1ccc([N+](=O)[O-])cc1. The van der Waals surface area contributed by atoms with E-state index in [-0.39, 0.29) is 31.1 Å². The van der Waals surface area contributed by atoms with E-state index in [1.54, 1.807) is 24.4 Å². The number of methoxy groups -OCH3 is 1. The van der Waals surface area contributed by atoms with Gasteiger partial charge in [-0.2, -0.15) is 0 Å². The Morgan fingerprint density at radius 2 is 1.92 bits per heavy atom. The number of carbonyl (C=O) groups is 2. The number of pyridine rings is 1. The van der Waals surface area contributed by atoms with E-state index in [4.69, 9.17) is 0 Å². The normalized spacial score (nSPS) is 10.1. The standard InChI is InChI=1S/C17H17N3O5/c1-25-16(21)9-11-19(12-14-4-2-3-10-18-14)17(22)13-5-7-15(8-6-13)20(23)24/h2-8,10H,9,11-12H2,1H3. The third-order valence-electron chi connectivity index (χ3n) is 3.50. The van der Waals surface area contributed by atoms with Crippen LogP contribution >= 0.6 is 0 Å². The minimum absolute atomic E-state index is 0.0437. The van der Waals surface area contributed by atoms with Gasteiger partial charge >= 0.3 is 5.97 Å². The molecule has 1 aromatic heterocycles. The molecule has 25 heavy (non-hydrogen) atoms. The minimum Gasteiger partial charge on any atom is -0.469 e. The summed E-state index contributed by atoms with van der Waals surface area (Å²) in [6, 6.07) is 10.7. The van der Waals surface area contributed by atoms with Gasteiger partial charge in [-0.25, -0.2) is 0 Å². The molecule has 130 valence electrons. The molecule has 8 nitrogen and oxygen atoms in total. The Labute approximate surface area is 144 Å². The first-order valence-corrected chi connectivity index (χ1v) is 7.51. The van der Waals surface area contributed by atoms with Crippen molar-refractivity contribution in [2.45, 2.75) is 13.0 Å². The monoisotopic (exact) mass is 343 g/mol. The van der Waals surface area contributed by atoms with Crippen LogP contribution in [0.25, 0.3) is 0 Å². The maximum Gasteiger partial charge on any atom is 0.307 e. The van der Waals surface area contributed by atoms with Gasteiger partial charge < -0.3 is 9.64 Å². The molecule has 2 aromatic rings. The molecule has 2 rings (SSSR count). The first-order valence-electron chi connectivity index (χ1n) is 7.51. The van der Waals surface area contributed by atoms with E-state index in [1.807, 2.05) is 0 Å². The number of benzene rings is 1. The molecule has 0 N–H and O–H groups in total. The van der Waals surface area contributed by atoms with Crippen molar-refractivity contribution in [1.29, 1.82) is 0 Å². The molecule has 0 saturated carbocycles. The van der Waals surface area contributed by atoms with Crippen LogP contribution in [0.5, 0.6) is 0 Å². The van der Waals surface area contributed by atoms with Crippen LogP contribution in [0, 0.1) is 10.1 Å². The molecule has 0 spiro atoms. The zero-order valence-electron chi connectivity index (χ0n) is 13.6. The van der Waals surface area contributed by atoms with Crippen molar-refractivity contribution in [2.24, 2.45) is 0 Å². The van der Waals surface area contributed by atoms with E-state index in [2.05, 4.69) is 9.72 Å². The summed E-state index contributed by atoms with van der Waals surface area (Å²) in [5.74, 6) is -0.771. The summed E-state index contributed by atoms with van der Waals surface area (Å²) in [4.78, 5) is 39.9. The number of hydrogen-bond donors (Lipinski definition) is 0. The summed E-state index contributed by atoms with van der Waals surface area (Å²) in [6.45, 7) is 0.368. The van der Waals surface area contributed by atoms with Gasteiger partial charge in [0.1, 0.15) is 0 Å². The van der Waals surface area contributed by atoms with Crippen LogP contribution in [-0.2, 0) is 16.1 Å². The van der Waals surface area contributed by atoms with E-state index in [0.29, 0.717) is 11.3 Å². The Morgan fingerprint density at radius 1 is 1.20 bits per heavy atom. The van der Waals surface area contributed by atoms with Crippen LogP contribution in [0.15, 0.2) is 48.7 Å². The summed E-state index contributed by atoms with van der Waals surface area (Å²) in [5.41, 5.74) is 0.872. The van der Waals surface area contributed by atoms with Crippen LogP contribution in [0.4, 0.5) is 5.69 Å². The van der Waals surface area contributed by atoms with E-state index >= 15 is 0 Å². The van der Waals surface area contributed by atoms with Crippen molar-refractivity contribution in [3.8, 4) is 0 Å². The molecule has 0 radical (unpaired) electrons. The number of ether oxygens (including phenoxy) is 1. The lowest BCUT2D eigenvalue weighted by Crippen LogP contribution is -2.33. The molecular formula is C17H17N3O5. The molecule has 0 bridgehead atoms. The highest BCUT2D eigenvalue weighted by Gasteiger charge is 2.19. The van der Waals surface area contributed by atoms with Crippen LogP contribution in [0.1, 0.15) is 22.5 Å². The summed E-state index contributed by atoms with van der Waals surface area (Å²) < 4.78 is 4.61.